The number of likely N-dealkylation sites (N-methyl/N-ethyl adjacent to an activating group) is 2. The summed E-state index contributed by atoms with van der Waals surface area (Å²) in [5.74, 6) is -0.273. The molecule has 0 unspecified atom stereocenters. The molecule has 0 heterocycles. The fraction of sp³-hybridized carbons (Fsp3) is 0.263. The molecule has 6 heteroatoms. The van der Waals surface area contributed by atoms with Crippen molar-refractivity contribution in [1.82, 2.24) is 9.80 Å². The number of nitrogens with zero attached hydrogens (tertiary/aromatic N) is 2. The largest absolute Gasteiger partial charge is 0.347 e. The first-order valence-electron chi connectivity index (χ1n) is 7.90. The fourth-order valence-electron chi connectivity index (χ4n) is 2.52. The van der Waals surface area contributed by atoms with E-state index < -0.39 is 6.04 Å². The predicted octanol–water partition coefficient (Wildman–Crippen LogP) is 3.04. The van der Waals surface area contributed by atoms with Crippen LogP contribution in [-0.2, 0) is 9.59 Å². The number of amides is 2. The van der Waals surface area contributed by atoms with Gasteiger partial charge in [-0.25, -0.2) is 0 Å². The summed E-state index contributed by atoms with van der Waals surface area (Å²) < 4.78 is 0. The average Bonchev–Trinajstić information content (AvgIpc) is 2.58. The number of hydrogen-bond acceptors (Lipinski definition) is 3. The Bertz CT molecular complexity index is 717. The molecule has 25 heavy (non-hydrogen) atoms. The second-order valence-corrected chi connectivity index (χ2v) is 6.45. The Balaban J connectivity index is 2.10. The van der Waals surface area contributed by atoms with Gasteiger partial charge in [-0.05, 0) is 36.9 Å². The van der Waals surface area contributed by atoms with E-state index in [1.54, 1.807) is 50.3 Å². The lowest BCUT2D eigenvalue weighted by molar-refractivity contribution is -0.134. The predicted molar refractivity (Wildman–Crippen MR) is 101 cm³/mol. The first kappa shape index (κ1) is 19.0. The Hall–Kier alpha value is -2.37. The van der Waals surface area contributed by atoms with E-state index in [4.69, 9.17) is 11.6 Å². The lowest BCUT2D eigenvalue weighted by atomic mass is 10.0. The summed E-state index contributed by atoms with van der Waals surface area (Å²) in [4.78, 5) is 28.2. The zero-order valence-corrected chi connectivity index (χ0v) is 15.3. The molecular formula is C19H22ClN3O2. The lowest BCUT2D eigenvalue weighted by Crippen LogP contribution is -2.41. The van der Waals surface area contributed by atoms with Crippen molar-refractivity contribution < 1.29 is 9.59 Å². The van der Waals surface area contributed by atoms with E-state index in [1.165, 1.54) is 4.90 Å². The molecule has 0 aromatic heterocycles. The Kier molecular flexibility index (Phi) is 6.56. The summed E-state index contributed by atoms with van der Waals surface area (Å²) in [6.07, 6.45) is 0. The van der Waals surface area contributed by atoms with Gasteiger partial charge in [-0.2, -0.15) is 0 Å². The number of rotatable bonds is 6. The molecule has 0 radical (unpaired) electrons. The number of carbonyl (C=O) groups excluding carboxylic acids is 2. The Labute approximate surface area is 153 Å². The van der Waals surface area contributed by atoms with E-state index >= 15 is 0 Å². The van der Waals surface area contributed by atoms with E-state index in [0.29, 0.717) is 10.7 Å². The number of carbonyl (C=O) groups is 2. The highest BCUT2D eigenvalue weighted by Crippen LogP contribution is 2.21. The summed E-state index contributed by atoms with van der Waals surface area (Å²) in [5.41, 5.74) is 1.51. The smallest absolute Gasteiger partial charge is 0.244 e. The number of benzene rings is 2. The van der Waals surface area contributed by atoms with Crippen LogP contribution in [0.15, 0.2) is 54.6 Å². The van der Waals surface area contributed by atoms with Crippen LogP contribution in [0.25, 0.3) is 0 Å². The van der Waals surface area contributed by atoms with Gasteiger partial charge >= 0.3 is 0 Å². The van der Waals surface area contributed by atoms with Crippen LogP contribution in [0.1, 0.15) is 11.6 Å². The van der Waals surface area contributed by atoms with Crippen molar-refractivity contribution in [3.05, 3.63) is 65.2 Å². The van der Waals surface area contributed by atoms with Gasteiger partial charge in [-0.3, -0.25) is 14.5 Å². The maximum Gasteiger partial charge on any atom is 0.244 e. The molecule has 2 rings (SSSR count). The molecule has 0 saturated heterocycles. The van der Waals surface area contributed by atoms with Gasteiger partial charge < -0.3 is 10.2 Å². The minimum atomic E-state index is -0.521. The number of halogens is 1. The fourth-order valence-corrected chi connectivity index (χ4v) is 2.64. The van der Waals surface area contributed by atoms with Crippen LogP contribution in [0.5, 0.6) is 0 Å². The quantitative estimate of drug-likeness (QED) is 0.862. The number of anilines is 1. The minimum Gasteiger partial charge on any atom is -0.347 e. The molecule has 0 aliphatic heterocycles. The summed E-state index contributed by atoms with van der Waals surface area (Å²) in [5, 5.41) is 3.42. The molecule has 0 aliphatic carbocycles. The van der Waals surface area contributed by atoms with Crippen LogP contribution in [-0.4, -0.2) is 49.3 Å². The molecular weight excluding hydrogens is 338 g/mol. The van der Waals surface area contributed by atoms with Gasteiger partial charge in [-0.15, -0.1) is 0 Å². The zero-order chi connectivity index (χ0) is 18.4. The standard InChI is InChI=1S/C19H22ClN3O2/c1-22(2)19(25)18(14-7-5-4-6-8-14)23(3)13-17(24)21-16-11-9-15(20)10-12-16/h4-12,18H,13H2,1-3H3,(H,21,24)/t18-/m1/s1. The van der Waals surface area contributed by atoms with Crippen LogP contribution < -0.4 is 5.32 Å². The number of nitrogens with one attached hydrogen (secondary N) is 1. The second-order valence-electron chi connectivity index (χ2n) is 6.02. The van der Waals surface area contributed by atoms with Gasteiger partial charge in [0.2, 0.25) is 11.8 Å². The normalized spacial score (nSPS) is 11.9. The van der Waals surface area contributed by atoms with Crippen LogP contribution in [0.2, 0.25) is 5.02 Å². The maximum absolute atomic E-state index is 12.6. The van der Waals surface area contributed by atoms with Crippen molar-refractivity contribution in [2.45, 2.75) is 6.04 Å². The van der Waals surface area contributed by atoms with Crippen molar-refractivity contribution >= 4 is 29.1 Å². The van der Waals surface area contributed by atoms with E-state index in [2.05, 4.69) is 5.32 Å². The van der Waals surface area contributed by atoms with Crippen LogP contribution in [0.4, 0.5) is 5.69 Å². The minimum absolute atomic E-state index is 0.0759. The molecule has 1 N–H and O–H groups in total. The molecule has 132 valence electrons. The molecule has 0 fully saturated rings. The third kappa shape index (κ3) is 5.31. The van der Waals surface area contributed by atoms with Gasteiger partial charge in [0.15, 0.2) is 0 Å². The molecule has 0 aliphatic rings. The van der Waals surface area contributed by atoms with Crippen LogP contribution >= 0.6 is 11.6 Å². The van der Waals surface area contributed by atoms with Crippen molar-refractivity contribution in [3.63, 3.8) is 0 Å². The van der Waals surface area contributed by atoms with Crippen molar-refractivity contribution in [3.8, 4) is 0 Å². The SMILES string of the molecule is CN(C)C(=O)[C@@H](c1ccccc1)N(C)CC(=O)Nc1ccc(Cl)cc1. The summed E-state index contributed by atoms with van der Waals surface area (Å²) in [6.45, 7) is 0.0851. The molecule has 0 saturated carbocycles. The maximum atomic E-state index is 12.6. The van der Waals surface area contributed by atoms with E-state index in [9.17, 15) is 9.59 Å². The molecule has 1 atom stereocenters. The summed E-state index contributed by atoms with van der Waals surface area (Å²) in [7, 11) is 5.18. The molecule has 5 nitrogen and oxygen atoms in total. The van der Waals surface area contributed by atoms with E-state index in [1.807, 2.05) is 30.3 Å². The van der Waals surface area contributed by atoms with E-state index in [-0.39, 0.29) is 18.4 Å². The first-order chi connectivity index (χ1) is 11.9. The van der Waals surface area contributed by atoms with Crippen LogP contribution in [0.3, 0.4) is 0 Å². The highest BCUT2D eigenvalue weighted by Gasteiger charge is 2.27. The monoisotopic (exact) mass is 359 g/mol. The van der Waals surface area contributed by atoms with Crippen LogP contribution in [0, 0.1) is 0 Å². The number of hydrogen-bond donors (Lipinski definition) is 1. The molecule has 2 amide bonds. The molecule has 2 aromatic carbocycles. The zero-order valence-electron chi connectivity index (χ0n) is 14.6. The third-order valence-electron chi connectivity index (χ3n) is 3.75. The van der Waals surface area contributed by atoms with Gasteiger partial charge in [0, 0.05) is 24.8 Å². The van der Waals surface area contributed by atoms with Gasteiger partial charge in [-0.1, -0.05) is 41.9 Å². The molecule has 0 spiro atoms. The highest BCUT2D eigenvalue weighted by molar-refractivity contribution is 6.30. The summed E-state index contributed by atoms with van der Waals surface area (Å²) >= 11 is 5.84. The molecule has 0 bridgehead atoms. The lowest BCUT2D eigenvalue weighted by Gasteiger charge is -2.29. The van der Waals surface area contributed by atoms with Gasteiger partial charge in [0.25, 0.3) is 0 Å². The Morgan fingerprint density at radius 2 is 1.60 bits per heavy atom. The van der Waals surface area contributed by atoms with Crippen molar-refractivity contribution in [2.75, 3.05) is 33.0 Å². The third-order valence-corrected chi connectivity index (χ3v) is 4.00. The van der Waals surface area contributed by atoms with Gasteiger partial charge in [0.1, 0.15) is 6.04 Å². The Morgan fingerprint density at radius 1 is 1.00 bits per heavy atom. The first-order valence-corrected chi connectivity index (χ1v) is 8.28. The van der Waals surface area contributed by atoms with Crippen molar-refractivity contribution in [2.24, 2.45) is 0 Å². The van der Waals surface area contributed by atoms with Gasteiger partial charge in [0.05, 0.1) is 6.54 Å². The van der Waals surface area contributed by atoms with E-state index in [0.717, 1.165) is 5.56 Å². The molecule has 2 aromatic rings. The summed E-state index contributed by atoms with van der Waals surface area (Å²) in [6, 6.07) is 15.8. The second kappa shape index (κ2) is 8.65. The van der Waals surface area contributed by atoms with Crippen molar-refractivity contribution in [1.29, 1.82) is 0 Å². The topological polar surface area (TPSA) is 52.7 Å². The highest BCUT2D eigenvalue weighted by atomic mass is 35.5. The average molecular weight is 360 g/mol. The Morgan fingerprint density at radius 3 is 2.16 bits per heavy atom.